The van der Waals surface area contributed by atoms with E-state index in [9.17, 15) is 9.18 Å². The second kappa shape index (κ2) is 4.45. The van der Waals surface area contributed by atoms with E-state index in [0.717, 1.165) is 13.0 Å². The molecule has 92 valence electrons. The number of benzene rings is 1. The molecule has 1 aromatic carbocycles. The van der Waals surface area contributed by atoms with Crippen LogP contribution in [0.2, 0.25) is 0 Å². The molecule has 1 aromatic rings. The minimum absolute atomic E-state index is 0.0101. The average molecular weight is 237 g/mol. The van der Waals surface area contributed by atoms with Crippen molar-refractivity contribution in [3.8, 4) is 5.75 Å². The third-order valence-electron chi connectivity index (χ3n) is 3.33. The number of rotatable bonds is 3. The second-order valence-electron chi connectivity index (χ2n) is 4.67. The van der Waals surface area contributed by atoms with Gasteiger partial charge in [-0.25, -0.2) is 4.39 Å². The molecule has 1 aliphatic heterocycles. The predicted molar refractivity (Wildman–Crippen MR) is 62.9 cm³/mol. The summed E-state index contributed by atoms with van der Waals surface area (Å²) in [4.78, 5) is 12.3. The average Bonchev–Trinajstić information content (AvgIpc) is 2.76. The van der Waals surface area contributed by atoms with Crippen molar-refractivity contribution in [2.45, 2.75) is 13.3 Å². The number of hydrogen-bond acceptors (Lipinski definition) is 3. The highest BCUT2D eigenvalue weighted by molar-refractivity contribution is 6.00. The van der Waals surface area contributed by atoms with Gasteiger partial charge in [-0.15, -0.1) is 0 Å². The molecule has 0 aliphatic carbocycles. The van der Waals surface area contributed by atoms with Gasteiger partial charge in [0.25, 0.3) is 0 Å². The lowest BCUT2D eigenvalue weighted by Gasteiger charge is -2.20. The molecule has 1 fully saturated rings. The molecule has 1 saturated heterocycles. The molecule has 1 unspecified atom stereocenters. The zero-order valence-electron chi connectivity index (χ0n) is 10.0. The largest absolute Gasteiger partial charge is 0.494 e. The van der Waals surface area contributed by atoms with Gasteiger partial charge in [-0.2, -0.15) is 0 Å². The highest BCUT2D eigenvalue weighted by atomic mass is 19.1. The lowest BCUT2D eigenvalue weighted by Crippen LogP contribution is -2.30. The zero-order valence-corrected chi connectivity index (χ0v) is 10.0. The Morgan fingerprint density at radius 3 is 2.82 bits per heavy atom. The van der Waals surface area contributed by atoms with E-state index in [1.807, 2.05) is 6.92 Å². The van der Waals surface area contributed by atoms with Crippen molar-refractivity contribution in [3.05, 3.63) is 29.6 Å². The molecule has 0 saturated carbocycles. The SMILES string of the molecule is COc1ccc(C(=O)C2(C)CCNC2)cc1F. The lowest BCUT2D eigenvalue weighted by atomic mass is 9.81. The van der Waals surface area contributed by atoms with E-state index >= 15 is 0 Å². The first-order chi connectivity index (χ1) is 8.07. The van der Waals surface area contributed by atoms with E-state index in [2.05, 4.69) is 5.32 Å². The zero-order chi connectivity index (χ0) is 12.5. The number of halogens is 1. The third-order valence-corrected chi connectivity index (χ3v) is 3.33. The van der Waals surface area contributed by atoms with Crippen LogP contribution in [0.1, 0.15) is 23.7 Å². The number of ketones is 1. The van der Waals surface area contributed by atoms with Crippen molar-refractivity contribution in [1.82, 2.24) is 5.32 Å². The van der Waals surface area contributed by atoms with Gasteiger partial charge in [0.2, 0.25) is 0 Å². The van der Waals surface area contributed by atoms with Crippen LogP contribution in [0.25, 0.3) is 0 Å². The van der Waals surface area contributed by atoms with Gasteiger partial charge in [0.15, 0.2) is 17.3 Å². The highest BCUT2D eigenvalue weighted by Crippen LogP contribution is 2.30. The van der Waals surface area contributed by atoms with E-state index in [0.29, 0.717) is 12.1 Å². The summed E-state index contributed by atoms with van der Waals surface area (Å²) < 4.78 is 18.4. The number of methoxy groups -OCH3 is 1. The standard InChI is InChI=1S/C13H16FNO2/c1-13(5-6-15-8-13)12(16)9-3-4-11(17-2)10(14)7-9/h3-4,7,15H,5-6,8H2,1-2H3. The van der Waals surface area contributed by atoms with Crippen LogP contribution in [-0.2, 0) is 0 Å². The molecule has 1 atom stereocenters. The number of ether oxygens (including phenoxy) is 1. The molecule has 4 heteroatoms. The van der Waals surface area contributed by atoms with Crippen molar-refractivity contribution in [1.29, 1.82) is 0 Å². The fourth-order valence-electron chi connectivity index (χ4n) is 2.17. The van der Waals surface area contributed by atoms with Gasteiger partial charge in [0, 0.05) is 17.5 Å². The Kier molecular flexibility index (Phi) is 3.15. The van der Waals surface area contributed by atoms with Crippen molar-refractivity contribution in [2.24, 2.45) is 5.41 Å². The van der Waals surface area contributed by atoms with Gasteiger partial charge in [-0.05, 0) is 31.2 Å². The maximum Gasteiger partial charge on any atom is 0.170 e. The number of carbonyl (C=O) groups is 1. The van der Waals surface area contributed by atoms with E-state index in [1.54, 1.807) is 6.07 Å². The number of Topliss-reactive ketones (excluding diaryl/α,β-unsaturated/α-hetero) is 1. The normalized spacial score (nSPS) is 23.7. The minimum Gasteiger partial charge on any atom is -0.494 e. The topological polar surface area (TPSA) is 38.3 Å². The summed E-state index contributed by atoms with van der Waals surface area (Å²) in [5.41, 5.74) is -0.00407. The molecule has 0 spiro atoms. The van der Waals surface area contributed by atoms with Crippen LogP contribution in [-0.4, -0.2) is 26.0 Å². The summed E-state index contributed by atoms with van der Waals surface area (Å²) in [7, 11) is 1.40. The molecule has 0 aromatic heterocycles. The molecule has 1 aliphatic rings. The van der Waals surface area contributed by atoms with Gasteiger partial charge in [-0.3, -0.25) is 4.79 Å². The van der Waals surface area contributed by atoms with Crippen LogP contribution in [0.15, 0.2) is 18.2 Å². The van der Waals surface area contributed by atoms with Gasteiger partial charge < -0.3 is 10.1 Å². The number of nitrogens with one attached hydrogen (secondary N) is 1. The lowest BCUT2D eigenvalue weighted by molar-refractivity contribution is 0.0839. The molecule has 17 heavy (non-hydrogen) atoms. The van der Waals surface area contributed by atoms with Crippen molar-refractivity contribution >= 4 is 5.78 Å². The predicted octanol–water partition coefficient (Wildman–Crippen LogP) is 2.02. The molecule has 1 N–H and O–H groups in total. The Bertz CT molecular complexity index is 439. The quantitative estimate of drug-likeness (QED) is 0.817. The summed E-state index contributed by atoms with van der Waals surface area (Å²) in [6, 6.07) is 4.37. The van der Waals surface area contributed by atoms with E-state index < -0.39 is 11.2 Å². The van der Waals surface area contributed by atoms with Crippen molar-refractivity contribution in [3.63, 3.8) is 0 Å². The summed E-state index contributed by atoms with van der Waals surface area (Å²) in [6.45, 7) is 3.40. The summed E-state index contributed by atoms with van der Waals surface area (Å²) >= 11 is 0. The Morgan fingerprint density at radius 2 is 2.29 bits per heavy atom. The fourth-order valence-corrected chi connectivity index (χ4v) is 2.17. The smallest absolute Gasteiger partial charge is 0.170 e. The van der Waals surface area contributed by atoms with Gasteiger partial charge in [0.1, 0.15) is 0 Å². The molecule has 0 radical (unpaired) electrons. The van der Waals surface area contributed by atoms with Gasteiger partial charge in [-0.1, -0.05) is 6.92 Å². The molecule has 0 amide bonds. The fraction of sp³-hybridized carbons (Fsp3) is 0.462. The first kappa shape index (κ1) is 12.0. The maximum absolute atomic E-state index is 13.5. The summed E-state index contributed by atoms with van der Waals surface area (Å²) in [5, 5.41) is 3.16. The second-order valence-corrected chi connectivity index (χ2v) is 4.67. The minimum atomic E-state index is -0.493. The molecule has 2 rings (SSSR count). The van der Waals surface area contributed by atoms with Crippen LogP contribution in [0.5, 0.6) is 5.75 Å². The first-order valence-corrected chi connectivity index (χ1v) is 5.66. The molecule has 3 nitrogen and oxygen atoms in total. The third kappa shape index (κ3) is 2.17. The van der Waals surface area contributed by atoms with Crippen LogP contribution in [0, 0.1) is 11.2 Å². The Labute approximate surface area is 100.0 Å². The summed E-state index contributed by atoms with van der Waals surface area (Å²) in [6.07, 6.45) is 0.791. The van der Waals surface area contributed by atoms with Crippen LogP contribution >= 0.6 is 0 Å². The molecule has 1 heterocycles. The van der Waals surface area contributed by atoms with Crippen LogP contribution in [0.4, 0.5) is 4.39 Å². The highest BCUT2D eigenvalue weighted by Gasteiger charge is 2.36. The monoisotopic (exact) mass is 237 g/mol. The Balaban J connectivity index is 2.28. The Morgan fingerprint density at radius 1 is 1.53 bits per heavy atom. The number of carbonyl (C=O) groups excluding carboxylic acids is 1. The molecule has 0 bridgehead atoms. The van der Waals surface area contributed by atoms with Crippen LogP contribution < -0.4 is 10.1 Å². The number of hydrogen-bond donors (Lipinski definition) is 1. The van der Waals surface area contributed by atoms with Crippen LogP contribution in [0.3, 0.4) is 0 Å². The van der Waals surface area contributed by atoms with Crippen molar-refractivity contribution < 1.29 is 13.9 Å². The Hall–Kier alpha value is -1.42. The summed E-state index contributed by atoms with van der Waals surface area (Å²) in [5.74, 6) is -0.340. The van der Waals surface area contributed by atoms with E-state index in [-0.39, 0.29) is 11.5 Å². The maximum atomic E-state index is 13.5. The van der Waals surface area contributed by atoms with E-state index in [4.69, 9.17) is 4.74 Å². The molecular formula is C13H16FNO2. The van der Waals surface area contributed by atoms with E-state index in [1.165, 1.54) is 19.2 Å². The van der Waals surface area contributed by atoms with Crippen molar-refractivity contribution in [2.75, 3.05) is 20.2 Å². The van der Waals surface area contributed by atoms with Gasteiger partial charge >= 0.3 is 0 Å². The molecular weight excluding hydrogens is 221 g/mol. The first-order valence-electron chi connectivity index (χ1n) is 5.66. The van der Waals surface area contributed by atoms with Gasteiger partial charge in [0.05, 0.1) is 7.11 Å².